The van der Waals surface area contributed by atoms with Crippen molar-refractivity contribution in [2.24, 2.45) is 0 Å². The molecule has 1 aromatic carbocycles. The maximum absolute atomic E-state index is 13.9. The molecular weight excluding hydrogens is 282 g/mol. The average molecular weight is 296 g/mol. The predicted octanol–water partition coefficient (Wildman–Crippen LogP) is 3.92. The Balaban J connectivity index is 3.05. The lowest BCUT2D eigenvalue weighted by atomic mass is 10.1. The van der Waals surface area contributed by atoms with Crippen molar-refractivity contribution in [3.63, 3.8) is 0 Å². The Labute approximate surface area is 114 Å². The van der Waals surface area contributed by atoms with E-state index in [0.717, 1.165) is 18.1 Å². The fraction of sp³-hybridized carbons (Fsp3) is 0.417. The molecule has 0 aliphatic carbocycles. The molecule has 1 aromatic rings. The van der Waals surface area contributed by atoms with Crippen molar-refractivity contribution in [3.8, 4) is 5.75 Å². The van der Waals surface area contributed by atoms with Gasteiger partial charge in [0.1, 0.15) is 11.7 Å². The molecule has 0 aliphatic rings. The minimum atomic E-state index is -0.954. The minimum absolute atomic E-state index is 0.136. The van der Waals surface area contributed by atoms with Gasteiger partial charge in [0, 0.05) is 4.75 Å². The Morgan fingerprint density at radius 3 is 2.50 bits per heavy atom. The molecule has 100 valence electrons. The Morgan fingerprint density at radius 1 is 1.39 bits per heavy atom. The van der Waals surface area contributed by atoms with Gasteiger partial charge in [-0.15, -0.1) is 11.6 Å². The fourth-order valence-electron chi connectivity index (χ4n) is 1.10. The Kier molecular flexibility index (Phi) is 4.99. The molecule has 0 amide bonds. The first-order valence-corrected chi connectivity index (χ1v) is 6.48. The molecule has 0 radical (unpaired) electrons. The van der Waals surface area contributed by atoms with E-state index >= 15 is 0 Å². The van der Waals surface area contributed by atoms with Crippen LogP contribution in [0.4, 0.5) is 8.78 Å². The molecule has 6 heteroatoms. The van der Waals surface area contributed by atoms with E-state index in [1.54, 1.807) is 0 Å². The summed E-state index contributed by atoms with van der Waals surface area (Å²) in [6, 6.07) is 2.20. The quantitative estimate of drug-likeness (QED) is 0.365. The van der Waals surface area contributed by atoms with Crippen LogP contribution in [0.5, 0.6) is 5.75 Å². The van der Waals surface area contributed by atoms with Crippen LogP contribution in [0.15, 0.2) is 12.1 Å². The Bertz CT molecular complexity index is 458. The standard InChI is InChI=1S/C12H13ClF2O2S/c1-12(2,3)18-17-9-5-4-7(14)10(11(9)15)8(16)6-13/h4-5H,6H2,1-3H3/p+1. The molecule has 0 saturated heterocycles. The van der Waals surface area contributed by atoms with E-state index < -0.39 is 23.0 Å². The highest BCUT2D eigenvalue weighted by atomic mass is 35.5. The summed E-state index contributed by atoms with van der Waals surface area (Å²) in [6.45, 7) is 5.67. The van der Waals surface area contributed by atoms with Gasteiger partial charge >= 0.3 is 5.78 Å². The van der Waals surface area contributed by atoms with E-state index in [-0.39, 0.29) is 16.4 Å². The molecule has 0 saturated carbocycles. The Hall–Kier alpha value is -0.810. The number of carbonyl (C=O) groups excluding carboxylic acids is 1. The van der Waals surface area contributed by atoms with Crippen LogP contribution in [-0.4, -0.2) is 21.2 Å². The summed E-state index contributed by atoms with van der Waals surface area (Å²) < 4.78 is 32.3. The molecule has 0 aliphatic heterocycles. The number of hydrogen-bond donors (Lipinski definition) is 0. The Morgan fingerprint density at radius 2 is 2.00 bits per heavy atom. The summed E-state index contributed by atoms with van der Waals surface area (Å²) in [5.74, 6) is -2.89. The predicted molar refractivity (Wildman–Crippen MR) is 71.1 cm³/mol. The average Bonchev–Trinajstić information content (AvgIpc) is 2.26. The first-order chi connectivity index (χ1) is 8.26. The zero-order chi connectivity index (χ0) is 13.9. The third-order valence-electron chi connectivity index (χ3n) is 1.85. The van der Waals surface area contributed by atoms with E-state index in [1.807, 2.05) is 20.8 Å². The van der Waals surface area contributed by atoms with Crippen LogP contribution >= 0.6 is 23.6 Å². The molecule has 0 bridgehead atoms. The van der Waals surface area contributed by atoms with E-state index in [1.165, 1.54) is 6.07 Å². The highest BCUT2D eigenvalue weighted by molar-refractivity contribution is 7.96. The molecule has 2 nitrogen and oxygen atoms in total. The van der Waals surface area contributed by atoms with Crippen molar-refractivity contribution in [1.82, 2.24) is 0 Å². The number of rotatable bonds is 4. The number of halogens is 3. The van der Waals surface area contributed by atoms with E-state index in [4.69, 9.17) is 15.8 Å². The maximum atomic E-state index is 13.9. The molecule has 1 N–H and O–H groups in total. The second-order valence-corrected chi connectivity index (χ2v) is 6.42. The highest BCUT2D eigenvalue weighted by Crippen LogP contribution is 2.31. The van der Waals surface area contributed by atoms with Gasteiger partial charge < -0.3 is 4.18 Å². The van der Waals surface area contributed by atoms with Gasteiger partial charge in [0.2, 0.25) is 0 Å². The molecule has 0 atom stereocenters. The summed E-state index contributed by atoms with van der Waals surface area (Å²) >= 11 is 6.41. The second-order valence-electron chi connectivity index (χ2n) is 4.59. The second kappa shape index (κ2) is 5.89. The fourth-order valence-corrected chi connectivity index (χ4v) is 1.70. The SMILES string of the molecule is CC(C)(C)SOc1ccc(F)c(C(=[OH+])CCl)c1F. The molecule has 0 heterocycles. The van der Waals surface area contributed by atoms with Gasteiger partial charge in [-0.2, -0.15) is 0 Å². The summed E-state index contributed by atoms with van der Waals surface area (Å²) in [4.78, 5) is 9.39. The normalized spacial score (nSPS) is 11.4. The van der Waals surface area contributed by atoms with Gasteiger partial charge in [-0.05, 0) is 32.9 Å². The topological polar surface area (TPSA) is 30.6 Å². The summed E-state index contributed by atoms with van der Waals surface area (Å²) in [7, 11) is 0. The van der Waals surface area contributed by atoms with Crippen LogP contribution in [0.2, 0.25) is 0 Å². The molecule has 0 fully saturated rings. The third kappa shape index (κ3) is 3.85. The first kappa shape index (κ1) is 15.2. The maximum Gasteiger partial charge on any atom is 0.344 e. The van der Waals surface area contributed by atoms with Crippen molar-refractivity contribution in [2.45, 2.75) is 25.5 Å². The number of hydrogen-bond acceptors (Lipinski definition) is 2. The van der Waals surface area contributed by atoms with Crippen LogP contribution in [0.3, 0.4) is 0 Å². The number of alkyl halides is 1. The molecule has 0 aromatic heterocycles. The molecule has 0 spiro atoms. The number of ketones is 1. The van der Waals surface area contributed by atoms with Crippen LogP contribution in [-0.2, 0) is 0 Å². The lowest BCUT2D eigenvalue weighted by Crippen LogP contribution is -2.12. The lowest BCUT2D eigenvalue weighted by molar-refractivity contribution is 0.512. The smallest absolute Gasteiger partial charge is 0.344 e. The van der Waals surface area contributed by atoms with Crippen molar-refractivity contribution >= 4 is 29.4 Å². The molecule has 1 rings (SSSR count). The number of benzene rings is 1. The van der Waals surface area contributed by atoms with Crippen molar-refractivity contribution in [1.29, 1.82) is 0 Å². The van der Waals surface area contributed by atoms with Gasteiger partial charge in [-0.3, -0.25) is 4.79 Å². The van der Waals surface area contributed by atoms with Crippen LogP contribution in [0.25, 0.3) is 0 Å². The van der Waals surface area contributed by atoms with Gasteiger partial charge in [0.25, 0.3) is 0 Å². The lowest BCUT2D eigenvalue weighted by Gasteiger charge is -2.17. The third-order valence-corrected chi connectivity index (χ3v) is 2.87. The van der Waals surface area contributed by atoms with Crippen LogP contribution < -0.4 is 4.18 Å². The van der Waals surface area contributed by atoms with E-state index in [0.29, 0.717) is 0 Å². The summed E-state index contributed by atoms with van der Waals surface area (Å²) in [6.07, 6.45) is 0. The van der Waals surface area contributed by atoms with Gasteiger partial charge in [0.05, 0.1) is 12.0 Å². The van der Waals surface area contributed by atoms with E-state index in [9.17, 15) is 13.6 Å². The van der Waals surface area contributed by atoms with Crippen molar-refractivity contribution < 1.29 is 17.8 Å². The summed E-state index contributed by atoms with van der Waals surface area (Å²) in [5, 5.41) is 0. The van der Waals surface area contributed by atoms with Gasteiger partial charge in [-0.25, -0.2) is 8.78 Å². The first-order valence-electron chi connectivity index (χ1n) is 5.21. The highest BCUT2D eigenvalue weighted by Gasteiger charge is 2.26. The van der Waals surface area contributed by atoms with Crippen molar-refractivity contribution in [3.05, 3.63) is 29.3 Å². The van der Waals surface area contributed by atoms with Crippen molar-refractivity contribution in [2.75, 3.05) is 5.88 Å². The minimum Gasteiger partial charge on any atom is -0.422 e. The van der Waals surface area contributed by atoms with Gasteiger partial charge in [0.15, 0.2) is 17.1 Å². The zero-order valence-electron chi connectivity index (χ0n) is 10.3. The van der Waals surface area contributed by atoms with E-state index in [2.05, 4.69) is 0 Å². The van der Waals surface area contributed by atoms with Gasteiger partial charge in [-0.1, -0.05) is 0 Å². The molecule has 18 heavy (non-hydrogen) atoms. The monoisotopic (exact) mass is 295 g/mol. The largest absolute Gasteiger partial charge is 0.422 e. The summed E-state index contributed by atoms with van der Waals surface area (Å²) in [5.41, 5.74) is -0.544. The zero-order valence-corrected chi connectivity index (χ0v) is 11.8. The molecule has 0 unspecified atom stereocenters. The molecular formula is C12H14ClF2O2S+. The van der Waals surface area contributed by atoms with Crippen LogP contribution in [0.1, 0.15) is 26.3 Å². The van der Waals surface area contributed by atoms with Crippen LogP contribution in [0, 0.1) is 11.6 Å².